The number of hydrogen-bond donors (Lipinski definition) is 2. The van der Waals surface area contributed by atoms with E-state index in [0.29, 0.717) is 29.8 Å². The highest BCUT2D eigenvalue weighted by Gasteiger charge is 2.33. The summed E-state index contributed by atoms with van der Waals surface area (Å²) in [4.78, 5) is 33.7. The fraction of sp³-hybridized carbons (Fsp3) is 0.421. The molecule has 0 aromatic heterocycles. The summed E-state index contributed by atoms with van der Waals surface area (Å²) in [5.74, 6) is -0.884. The van der Waals surface area contributed by atoms with Crippen LogP contribution >= 0.6 is 0 Å². The van der Waals surface area contributed by atoms with Gasteiger partial charge in [0.1, 0.15) is 0 Å². The van der Waals surface area contributed by atoms with E-state index in [-0.39, 0.29) is 0 Å². The van der Waals surface area contributed by atoms with Crippen molar-refractivity contribution < 1.29 is 24.6 Å². The number of piperidine rings is 1. The van der Waals surface area contributed by atoms with Crippen LogP contribution < -0.4 is 0 Å². The van der Waals surface area contributed by atoms with Gasteiger partial charge in [-0.1, -0.05) is 24.3 Å². The summed E-state index contributed by atoms with van der Waals surface area (Å²) in [6, 6.07) is 8.17. The van der Waals surface area contributed by atoms with Gasteiger partial charge in [-0.25, -0.2) is 9.59 Å². The first-order valence-electron chi connectivity index (χ1n) is 8.30. The molecule has 0 amide bonds. The lowest BCUT2D eigenvalue weighted by Crippen LogP contribution is -2.38. The number of carboxylic acid groups (broad SMARTS) is 2. The highest BCUT2D eigenvalue weighted by Crippen LogP contribution is 2.34. The number of ketones is 1. The first kappa shape index (κ1) is 18.9. The maximum Gasteiger partial charge on any atom is 0.328 e. The molecule has 2 aliphatic rings. The van der Waals surface area contributed by atoms with Gasteiger partial charge in [0.15, 0.2) is 5.78 Å². The van der Waals surface area contributed by atoms with Crippen molar-refractivity contribution in [3.05, 3.63) is 47.5 Å². The van der Waals surface area contributed by atoms with E-state index in [1.54, 1.807) is 0 Å². The molecule has 1 aliphatic carbocycles. The maximum absolute atomic E-state index is 12.2. The van der Waals surface area contributed by atoms with Crippen LogP contribution in [0.5, 0.6) is 0 Å². The Bertz CT molecular complexity index is 666. The number of rotatable bonds is 2. The predicted octanol–water partition coefficient (Wildman–Crippen LogP) is 2.10. The van der Waals surface area contributed by atoms with Crippen molar-refractivity contribution in [2.24, 2.45) is 11.8 Å². The number of benzene rings is 1. The summed E-state index contributed by atoms with van der Waals surface area (Å²) in [7, 11) is 2.19. The monoisotopic (exact) mass is 345 g/mol. The van der Waals surface area contributed by atoms with Gasteiger partial charge in [0.25, 0.3) is 0 Å². The molecule has 0 saturated carbocycles. The number of fused-ring (bicyclic) bond motifs is 2. The molecule has 6 heteroatoms. The van der Waals surface area contributed by atoms with Crippen LogP contribution in [0.3, 0.4) is 0 Å². The molecule has 2 atom stereocenters. The Morgan fingerprint density at radius 1 is 1.08 bits per heavy atom. The largest absolute Gasteiger partial charge is 0.478 e. The average molecular weight is 345 g/mol. The molecule has 1 aliphatic heterocycles. The van der Waals surface area contributed by atoms with Crippen molar-refractivity contribution in [3.63, 3.8) is 0 Å². The molecule has 1 aromatic rings. The fourth-order valence-electron chi connectivity index (χ4n) is 3.51. The standard InChI is InChI=1S/C15H19NO.C4H4O4/c1-16-7-6-11-9-15(17)14-5-3-2-4-12(14)8-13(11)10-16;5-3(6)1-2-4(7)8/h2-5,11,13H,6-10H2,1H3;1-2H,(H,5,6)(H,7,8)/b;2-1+/t11-,13+;/m1./s1. The molecule has 0 radical (unpaired) electrons. The Labute approximate surface area is 146 Å². The Morgan fingerprint density at radius 2 is 1.72 bits per heavy atom. The maximum atomic E-state index is 12.2. The zero-order valence-corrected chi connectivity index (χ0v) is 14.2. The van der Waals surface area contributed by atoms with E-state index in [4.69, 9.17) is 10.2 Å². The van der Waals surface area contributed by atoms with Gasteiger partial charge in [-0.3, -0.25) is 4.79 Å². The third kappa shape index (κ3) is 5.53. The van der Waals surface area contributed by atoms with Crippen molar-refractivity contribution >= 4 is 17.7 Å². The quantitative estimate of drug-likeness (QED) is 0.797. The number of likely N-dealkylation sites (tertiary alicyclic amines) is 1. The van der Waals surface area contributed by atoms with E-state index < -0.39 is 11.9 Å². The van der Waals surface area contributed by atoms with Gasteiger partial charge >= 0.3 is 11.9 Å². The Morgan fingerprint density at radius 3 is 2.36 bits per heavy atom. The minimum absolute atomic E-state index is 0.359. The van der Waals surface area contributed by atoms with E-state index in [1.165, 1.54) is 12.0 Å². The van der Waals surface area contributed by atoms with Crippen LogP contribution in [0.2, 0.25) is 0 Å². The predicted molar refractivity (Wildman–Crippen MR) is 92.6 cm³/mol. The minimum atomic E-state index is -1.26. The smallest absolute Gasteiger partial charge is 0.328 e. The van der Waals surface area contributed by atoms with Gasteiger partial charge in [-0.15, -0.1) is 0 Å². The van der Waals surface area contributed by atoms with Gasteiger partial charge in [0.05, 0.1) is 0 Å². The van der Waals surface area contributed by atoms with E-state index in [2.05, 4.69) is 24.1 Å². The molecule has 6 nitrogen and oxygen atoms in total. The summed E-state index contributed by atoms with van der Waals surface area (Å²) >= 11 is 0. The van der Waals surface area contributed by atoms with Crippen LogP contribution in [0.25, 0.3) is 0 Å². The number of Topliss-reactive ketones (excluding diaryl/α,β-unsaturated/α-hetero) is 1. The van der Waals surface area contributed by atoms with Crippen LogP contribution in [-0.4, -0.2) is 53.0 Å². The number of hydrogen-bond acceptors (Lipinski definition) is 4. The number of carboxylic acids is 2. The van der Waals surface area contributed by atoms with Crippen molar-refractivity contribution in [2.75, 3.05) is 20.1 Å². The molecule has 3 rings (SSSR count). The summed E-state index contributed by atoms with van der Waals surface area (Å²) in [6.07, 6.45) is 4.14. The third-order valence-corrected chi connectivity index (χ3v) is 4.71. The SMILES string of the molecule is CN1CC[C@@H]2CC(=O)c3ccccc3C[C@H]2C1.O=C(O)/C=C/C(=O)O. The van der Waals surface area contributed by atoms with Gasteiger partial charge in [0, 0.05) is 30.7 Å². The van der Waals surface area contributed by atoms with Gasteiger partial charge < -0.3 is 15.1 Å². The van der Waals surface area contributed by atoms with Gasteiger partial charge in [-0.05, 0) is 43.8 Å². The molecule has 1 saturated heterocycles. The van der Waals surface area contributed by atoms with E-state index >= 15 is 0 Å². The average Bonchev–Trinajstić information content (AvgIpc) is 2.69. The molecule has 1 heterocycles. The van der Waals surface area contributed by atoms with Crippen molar-refractivity contribution in [3.8, 4) is 0 Å². The van der Waals surface area contributed by atoms with Crippen LogP contribution in [0.15, 0.2) is 36.4 Å². The lowest BCUT2D eigenvalue weighted by molar-refractivity contribution is -0.134. The summed E-state index contributed by atoms with van der Waals surface area (Å²) in [6.45, 7) is 2.29. The molecule has 2 N–H and O–H groups in total. The highest BCUT2D eigenvalue weighted by molar-refractivity contribution is 5.98. The zero-order chi connectivity index (χ0) is 18.4. The number of carbonyl (C=O) groups excluding carboxylic acids is 1. The van der Waals surface area contributed by atoms with Crippen LogP contribution in [0.4, 0.5) is 0 Å². The number of carbonyl (C=O) groups is 3. The lowest BCUT2D eigenvalue weighted by Gasteiger charge is -2.35. The van der Waals surface area contributed by atoms with E-state index in [0.717, 1.165) is 31.5 Å². The molecular weight excluding hydrogens is 322 g/mol. The molecule has 0 bridgehead atoms. The summed E-state index contributed by atoms with van der Waals surface area (Å²) < 4.78 is 0. The third-order valence-electron chi connectivity index (χ3n) is 4.71. The molecule has 134 valence electrons. The molecule has 0 unspecified atom stereocenters. The second kappa shape index (κ2) is 8.58. The second-order valence-electron chi connectivity index (χ2n) is 6.57. The Balaban J connectivity index is 0.000000242. The first-order chi connectivity index (χ1) is 11.9. The summed E-state index contributed by atoms with van der Waals surface area (Å²) in [5, 5.41) is 15.6. The summed E-state index contributed by atoms with van der Waals surface area (Å²) in [5.41, 5.74) is 2.24. The molecule has 25 heavy (non-hydrogen) atoms. The van der Waals surface area contributed by atoms with Crippen molar-refractivity contribution in [2.45, 2.75) is 19.3 Å². The van der Waals surface area contributed by atoms with Gasteiger partial charge in [-0.2, -0.15) is 0 Å². The van der Waals surface area contributed by atoms with Crippen LogP contribution in [0, 0.1) is 11.8 Å². The first-order valence-corrected chi connectivity index (χ1v) is 8.30. The molecule has 1 fully saturated rings. The number of aliphatic carboxylic acids is 2. The van der Waals surface area contributed by atoms with Gasteiger partial charge in [0.2, 0.25) is 0 Å². The Hall–Kier alpha value is -2.47. The molecule has 1 aromatic carbocycles. The lowest BCUT2D eigenvalue weighted by atomic mass is 9.81. The molecule has 0 spiro atoms. The zero-order valence-electron chi connectivity index (χ0n) is 14.2. The van der Waals surface area contributed by atoms with E-state index in [9.17, 15) is 14.4 Å². The molecular formula is C19H23NO5. The van der Waals surface area contributed by atoms with Crippen molar-refractivity contribution in [1.82, 2.24) is 4.90 Å². The van der Waals surface area contributed by atoms with Crippen LogP contribution in [-0.2, 0) is 16.0 Å². The highest BCUT2D eigenvalue weighted by atomic mass is 16.4. The second-order valence-corrected chi connectivity index (χ2v) is 6.57. The number of nitrogens with zero attached hydrogens (tertiary/aromatic N) is 1. The van der Waals surface area contributed by atoms with Crippen molar-refractivity contribution in [1.29, 1.82) is 0 Å². The van der Waals surface area contributed by atoms with Crippen LogP contribution in [0.1, 0.15) is 28.8 Å². The topological polar surface area (TPSA) is 94.9 Å². The van der Waals surface area contributed by atoms with E-state index in [1.807, 2.05) is 12.1 Å². The Kier molecular flexibility index (Phi) is 6.47. The minimum Gasteiger partial charge on any atom is -0.478 e. The fourth-order valence-corrected chi connectivity index (χ4v) is 3.51. The normalized spacial score (nSPS) is 23.0.